The summed E-state index contributed by atoms with van der Waals surface area (Å²) in [7, 11) is 0. The van der Waals surface area contributed by atoms with Crippen molar-refractivity contribution < 1.29 is 13.9 Å². The summed E-state index contributed by atoms with van der Waals surface area (Å²) in [5, 5.41) is 2.93. The molecule has 0 atom stereocenters. The Balaban J connectivity index is 1.97. The number of nitrogens with one attached hydrogen (secondary N) is 1. The van der Waals surface area contributed by atoms with E-state index in [-0.39, 0.29) is 12.3 Å². The topological polar surface area (TPSA) is 64.3 Å². The zero-order valence-electron chi connectivity index (χ0n) is 10.7. The van der Waals surface area contributed by atoms with E-state index in [1.807, 2.05) is 0 Å². The van der Waals surface area contributed by atoms with Crippen LogP contribution in [0.15, 0.2) is 40.9 Å². The minimum atomic E-state index is -0.470. The lowest BCUT2D eigenvalue weighted by Crippen LogP contribution is -2.21. The summed E-state index contributed by atoms with van der Waals surface area (Å²) in [4.78, 5) is 11.8. The van der Waals surface area contributed by atoms with Gasteiger partial charge in [0.05, 0.1) is 16.4 Å². The molecule has 2 aromatic rings. The Morgan fingerprint density at radius 2 is 2.10 bits per heavy atom. The first-order valence-corrected chi connectivity index (χ1v) is 7.05. The highest BCUT2D eigenvalue weighted by Gasteiger charge is 2.09. The Morgan fingerprint density at radius 1 is 1.33 bits per heavy atom. The minimum absolute atomic E-state index is 0.142. The molecule has 1 amide bonds. The molecule has 3 N–H and O–H groups in total. The normalized spacial score (nSPS) is 10.2. The smallest absolute Gasteiger partial charge is 0.262 e. The quantitative estimate of drug-likeness (QED) is 0.800. The lowest BCUT2D eigenvalue weighted by atomic mass is 10.2. The number of ether oxygens (including phenoxy) is 1. The zero-order valence-corrected chi connectivity index (χ0v) is 13.0. The van der Waals surface area contributed by atoms with Gasteiger partial charge in [-0.15, -0.1) is 0 Å². The predicted octanol–water partition coefficient (Wildman–Crippen LogP) is 3.84. The molecule has 110 valence electrons. The molecule has 0 spiro atoms. The van der Waals surface area contributed by atoms with Crippen LogP contribution in [-0.4, -0.2) is 12.5 Å². The third-order valence-electron chi connectivity index (χ3n) is 2.54. The Labute approximate surface area is 134 Å². The van der Waals surface area contributed by atoms with Crippen molar-refractivity contribution in [3.63, 3.8) is 0 Å². The number of benzene rings is 2. The van der Waals surface area contributed by atoms with Crippen LogP contribution in [0.4, 0.5) is 15.8 Å². The van der Waals surface area contributed by atoms with Crippen molar-refractivity contribution in [3.8, 4) is 5.75 Å². The minimum Gasteiger partial charge on any atom is -0.482 e. The number of hydrogen-bond donors (Lipinski definition) is 2. The van der Waals surface area contributed by atoms with Gasteiger partial charge in [-0.05, 0) is 36.4 Å². The molecule has 0 aromatic heterocycles. The lowest BCUT2D eigenvalue weighted by Gasteiger charge is -2.10. The number of carbonyl (C=O) groups excluding carboxylic acids is 1. The summed E-state index contributed by atoms with van der Waals surface area (Å²) in [5.74, 6) is -0.514. The van der Waals surface area contributed by atoms with Gasteiger partial charge < -0.3 is 15.8 Å². The second-order valence-corrected chi connectivity index (χ2v) is 5.47. The Morgan fingerprint density at radius 3 is 2.81 bits per heavy atom. The van der Waals surface area contributed by atoms with Gasteiger partial charge in [0.2, 0.25) is 0 Å². The van der Waals surface area contributed by atoms with Crippen LogP contribution in [0.1, 0.15) is 0 Å². The summed E-state index contributed by atoms with van der Waals surface area (Å²) in [6.45, 7) is -0.243. The molecule has 2 aromatic carbocycles. The first kappa shape index (κ1) is 15.6. The van der Waals surface area contributed by atoms with Gasteiger partial charge in [0.25, 0.3) is 5.91 Å². The SMILES string of the molecule is Nc1cc(F)ccc1NC(=O)COc1cc(Br)ccc1Cl. The van der Waals surface area contributed by atoms with E-state index >= 15 is 0 Å². The molecule has 0 saturated carbocycles. The van der Waals surface area contributed by atoms with Gasteiger partial charge in [-0.2, -0.15) is 0 Å². The summed E-state index contributed by atoms with van der Waals surface area (Å²) in [6, 6.07) is 8.78. The van der Waals surface area contributed by atoms with E-state index < -0.39 is 11.7 Å². The average molecular weight is 374 g/mol. The molecule has 7 heteroatoms. The third kappa shape index (κ3) is 4.34. The lowest BCUT2D eigenvalue weighted by molar-refractivity contribution is -0.118. The number of nitrogens with two attached hydrogens (primary N) is 1. The Bertz CT molecular complexity index is 682. The van der Waals surface area contributed by atoms with Crippen LogP contribution in [-0.2, 0) is 4.79 Å². The van der Waals surface area contributed by atoms with Gasteiger partial charge in [-0.3, -0.25) is 4.79 Å². The maximum atomic E-state index is 12.9. The van der Waals surface area contributed by atoms with Crippen LogP contribution in [0.2, 0.25) is 5.02 Å². The van der Waals surface area contributed by atoms with Crippen molar-refractivity contribution in [2.45, 2.75) is 0 Å². The summed E-state index contributed by atoms with van der Waals surface area (Å²) < 4.78 is 19.0. The van der Waals surface area contributed by atoms with E-state index in [1.165, 1.54) is 12.1 Å². The van der Waals surface area contributed by atoms with E-state index in [1.54, 1.807) is 18.2 Å². The van der Waals surface area contributed by atoms with Crippen LogP contribution in [0.25, 0.3) is 0 Å². The first-order valence-electron chi connectivity index (χ1n) is 5.88. The molecule has 0 fully saturated rings. The van der Waals surface area contributed by atoms with Crippen LogP contribution in [0.3, 0.4) is 0 Å². The highest BCUT2D eigenvalue weighted by molar-refractivity contribution is 9.10. The molecule has 2 rings (SSSR count). The Kier molecular flexibility index (Phi) is 5.03. The second kappa shape index (κ2) is 6.78. The van der Waals surface area contributed by atoms with Crippen molar-refractivity contribution >= 4 is 44.8 Å². The molecular weight excluding hydrogens is 363 g/mol. The highest BCUT2D eigenvalue weighted by atomic mass is 79.9. The van der Waals surface area contributed by atoms with Crippen molar-refractivity contribution in [1.82, 2.24) is 0 Å². The zero-order chi connectivity index (χ0) is 15.4. The van der Waals surface area contributed by atoms with E-state index in [0.717, 1.165) is 10.5 Å². The molecule has 0 aliphatic carbocycles. The first-order chi connectivity index (χ1) is 9.95. The van der Waals surface area contributed by atoms with Crippen molar-refractivity contribution in [2.24, 2.45) is 0 Å². The molecule has 0 heterocycles. The fraction of sp³-hybridized carbons (Fsp3) is 0.0714. The van der Waals surface area contributed by atoms with Crippen molar-refractivity contribution in [3.05, 3.63) is 51.7 Å². The summed E-state index contributed by atoms with van der Waals surface area (Å²) in [6.07, 6.45) is 0. The maximum Gasteiger partial charge on any atom is 0.262 e. The fourth-order valence-electron chi connectivity index (χ4n) is 1.56. The molecular formula is C14H11BrClFN2O2. The number of anilines is 2. The molecule has 4 nitrogen and oxygen atoms in total. The predicted molar refractivity (Wildman–Crippen MR) is 84.1 cm³/mol. The number of hydrogen-bond acceptors (Lipinski definition) is 3. The van der Waals surface area contributed by atoms with E-state index in [4.69, 9.17) is 22.1 Å². The van der Waals surface area contributed by atoms with E-state index in [9.17, 15) is 9.18 Å². The van der Waals surface area contributed by atoms with Gasteiger partial charge in [-0.25, -0.2) is 4.39 Å². The van der Waals surface area contributed by atoms with Gasteiger partial charge in [0, 0.05) is 4.47 Å². The monoisotopic (exact) mass is 372 g/mol. The molecule has 0 unspecified atom stereocenters. The molecule has 0 saturated heterocycles. The third-order valence-corrected chi connectivity index (χ3v) is 3.35. The van der Waals surface area contributed by atoms with Gasteiger partial charge >= 0.3 is 0 Å². The number of nitrogen functional groups attached to an aromatic ring is 1. The number of halogens is 3. The van der Waals surface area contributed by atoms with Crippen LogP contribution >= 0.6 is 27.5 Å². The number of rotatable bonds is 4. The molecule has 0 aliphatic rings. The summed E-state index contributed by atoms with van der Waals surface area (Å²) in [5.41, 5.74) is 6.06. The average Bonchev–Trinajstić information content (AvgIpc) is 2.43. The van der Waals surface area contributed by atoms with Crippen molar-refractivity contribution in [2.75, 3.05) is 17.7 Å². The summed E-state index contributed by atoms with van der Waals surface area (Å²) >= 11 is 9.23. The maximum absolute atomic E-state index is 12.9. The second-order valence-electron chi connectivity index (χ2n) is 4.14. The van der Waals surface area contributed by atoms with Gasteiger partial charge in [-0.1, -0.05) is 27.5 Å². The Hall–Kier alpha value is -1.79. The van der Waals surface area contributed by atoms with Crippen LogP contribution in [0, 0.1) is 5.82 Å². The standard InChI is InChI=1S/C14H11BrClFN2O2/c15-8-1-3-10(16)13(5-8)21-7-14(20)19-12-4-2-9(17)6-11(12)18/h1-6H,7,18H2,(H,19,20). The number of carbonyl (C=O) groups is 1. The molecule has 0 radical (unpaired) electrons. The van der Waals surface area contributed by atoms with Crippen LogP contribution < -0.4 is 15.8 Å². The molecule has 0 aliphatic heterocycles. The van der Waals surface area contributed by atoms with Gasteiger partial charge in [0.15, 0.2) is 6.61 Å². The van der Waals surface area contributed by atoms with E-state index in [2.05, 4.69) is 21.2 Å². The largest absolute Gasteiger partial charge is 0.482 e. The van der Waals surface area contributed by atoms with E-state index in [0.29, 0.717) is 16.5 Å². The number of amides is 1. The highest BCUT2D eigenvalue weighted by Crippen LogP contribution is 2.28. The molecule has 21 heavy (non-hydrogen) atoms. The van der Waals surface area contributed by atoms with Gasteiger partial charge in [0.1, 0.15) is 11.6 Å². The van der Waals surface area contributed by atoms with Crippen molar-refractivity contribution in [1.29, 1.82) is 0 Å². The molecule has 0 bridgehead atoms. The van der Waals surface area contributed by atoms with Crippen LogP contribution in [0.5, 0.6) is 5.75 Å². The fourth-order valence-corrected chi connectivity index (χ4v) is 2.08.